The molecule has 0 aromatic heterocycles. The van der Waals surface area contributed by atoms with Gasteiger partial charge in [-0.25, -0.2) is 0 Å². The SMILES string of the molecule is CCN1CCN(c2ccccc2Cl)CC1=O. The monoisotopic (exact) mass is 238 g/mol. The van der Waals surface area contributed by atoms with Crippen LogP contribution in [0.1, 0.15) is 6.92 Å². The fourth-order valence-electron chi connectivity index (χ4n) is 1.96. The molecule has 1 aromatic carbocycles. The Morgan fingerprint density at radius 2 is 2.06 bits per heavy atom. The third-order valence-electron chi connectivity index (χ3n) is 2.89. The molecule has 86 valence electrons. The number of likely N-dealkylation sites (N-methyl/N-ethyl adjacent to an activating group) is 1. The van der Waals surface area contributed by atoms with Crippen LogP contribution in [-0.2, 0) is 4.79 Å². The molecule has 1 aliphatic heterocycles. The molecule has 4 heteroatoms. The minimum absolute atomic E-state index is 0.175. The summed E-state index contributed by atoms with van der Waals surface area (Å²) < 4.78 is 0. The Morgan fingerprint density at radius 1 is 1.31 bits per heavy atom. The van der Waals surface area contributed by atoms with Gasteiger partial charge in [0.05, 0.1) is 17.3 Å². The number of benzene rings is 1. The number of nitrogens with zero attached hydrogens (tertiary/aromatic N) is 2. The van der Waals surface area contributed by atoms with Crippen molar-refractivity contribution in [3.05, 3.63) is 29.3 Å². The topological polar surface area (TPSA) is 23.6 Å². The molecule has 1 saturated heterocycles. The van der Waals surface area contributed by atoms with Crippen molar-refractivity contribution in [1.82, 2.24) is 4.90 Å². The lowest BCUT2D eigenvalue weighted by Crippen LogP contribution is -2.50. The lowest BCUT2D eigenvalue weighted by Gasteiger charge is -2.35. The molecule has 1 amide bonds. The molecule has 1 aliphatic rings. The number of hydrogen-bond acceptors (Lipinski definition) is 2. The van der Waals surface area contributed by atoms with Crippen LogP contribution in [-0.4, -0.2) is 37.0 Å². The number of para-hydroxylation sites is 1. The zero-order valence-corrected chi connectivity index (χ0v) is 10.1. The second-order valence-electron chi connectivity index (χ2n) is 3.85. The maximum atomic E-state index is 11.8. The molecule has 1 aromatic rings. The highest BCUT2D eigenvalue weighted by Gasteiger charge is 2.23. The molecular formula is C12H15ClN2O. The fraction of sp³-hybridized carbons (Fsp3) is 0.417. The molecule has 0 spiro atoms. The molecule has 3 nitrogen and oxygen atoms in total. The number of amides is 1. The van der Waals surface area contributed by atoms with Gasteiger partial charge in [0, 0.05) is 19.6 Å². The first-order valence-corrected chi connectivity index (χ1v) is 5.87. The van der Waals surface area contributed by atoms with Crippen LogP contribution in [0.3, 0.4) is 0 Å². The number of carbonyl (C=O) groups is 1. The first-order valence-electron chi connectivity index (χ1n) is 5.49. The Balaban J connectivity index is 2.14. The molecule has 0 unspecified atom stereocenters. The van der Waals surface area contributed by atoms with Crippen LogP contribution in [0.5, 0.6) is 0 Å². The van der Waals surface area contributed by atoms with E-state index in [1.807, 2.05) is 41.0 Å². The molecule has 1 fully saturated rings. The van der Waals surface area contributed by atoms with E-state index in [1.165, 1.54) is 0 Å². The van der Waals surface area contributed by atoms with E-state index in [0.29, 0.717) is 11.6 Å². The predicted molar refractivity (Wildman–Crippen MR) is 65.9 cm³/mol. The van der Waals surface area contributed by atoms with Crippen molar-refractivity contribution in [2.75, 3.05) is 31.1 Å². The molecule has 0 N–H and O–H groups in total. The summed E-state index contributed by atoms with van der Waals surface area (Å²) in [4.78, 5) is 15.7. The zero-order valence-electron chi connectivity index (χ0n) is 9.32. The second-order valence-corrected chi connectivity index (χ2v) is 4.25. The predicted octanol–water partition coefficient (Wildman–Crippen LogP) is 2.01. The molecule has 0 aliphatic carbocycles. The summed E-state index contributed by atoms with van der Waals surface area (Å²) in [6.07, 6.45) is 0. The van der Waals surface area contributed by atoms with Gasteiger partial charge in [-0.15, -0.1) is 0 Å². The van der Waals surface area contributed by atoms with E-state index in [0.717, 1.165) is 25.3 Å². The highest BCUT2D eigenvalue weighted by Crippen LogP contribution is 2.26. The van der Waals surface area contributed by atoms with E-state index in [-0.39, 0.29) is 5.91 Å². The Hall–Kier alpha value is -1.22. The van der Waals surface area contributed by atoms with E-state index >= 15 is 0 Å². The third kappa shape index (κ3) is 2.14. The van der Waals surface area contributed by atoms with Gasteiger partial charge in [-0.3, -0.25) is 4.79 Å². The van der Waals surface area contributed by atoms with Crippen molar-refractivity contribution >= 4 is 23.2 Å². The van der Waals surface area contributed by atoms with Gasteiger partial charge in [0.15, 0.2) is 0 Å². The summed E-state index contributed by atoms with van der Waals surface area (Å²) in [6.45, 7) is 4.85. The largest absolute Gasteiger partial charge is 0.359 e. The highest BCUT2D eigenvalue weighted by molar-refractivity contribution is 6.33. The summed E-state index contributed by atoms with van der Waals surface area (Å²) in [5, 5.41) is 0.709. The summed E-state index contributed by atoms with van der Waals surface area (Å²) >= 11 is 6.11. The van der Waals surface area contributed by atoms with E-state index in [2.05, 4.69) is 0 Å². The minimum Gasteiger partial charge on any atom is -0.359 e. The van der Waals surface area contributed by atoms with Crippen LogP contribution in [0.15, 0.2) is 24.3 Å². The molecule has 0 saturated carbocycles. The van der Waals surface area contributed by atoms with Gasteiger partial charge in [0.2, 0.25) is 5.91 Å². The van der Waals surface area contributed by atoms with Crippen molar-refractivity contribution < 1.29 is 4.79 Å². The fourth-order valence-corrected chi connectivity index (χ4v) is 2.21. The van der Waals surface area contributed by atoms with Gasteiger partial charge in [-0.05, 0) is 19.1 Å². The van der Waals surface area contributed by atoms with Crippen LogP contribution < -0.4 is 4.90 Å². The van der Waals surface area contributed by atoms with Crippen molar-refractivity contribution in [2.45, 2.75) is 6.92 Å². The Labute approximate surface area is 101 Å². The Kier molecular flexibility index (Phi) is 3.34. The molecule has 0 atom stereocenters. The van der Waals surface area contributed by atoms with Gasteiger partial charge >= 0.3 is 0 Å². The number of carbonyl (C=O) groups excluding carboxylic acids is 1. The molecule has 16 heavy (non-hydrogen) atoms. The average molecular weight is 239 g/mol. The van der Waals surface area contributed by atoms with Crippen molar-refractivity contribution in [3.63, 3.8) is 0 Å². The molecule has 0 bridgehead atoms. The molecule has 1 heterocycles. The standard InChI is InChI=1S/C12H15ClN2O/c1-2-14-7-8-15(9-12(14)16)11-6-4-3-5-10(11)13/h3-6H,2,7-9H2,1H3. The number of anilines is 1. The van der Waals surface area contributed by atoms with Crippen LogP contribution in [0.4, 0.5) is 5.69 Å². The van der Waals surface area contributed by atoms with E-state index in [9.17, 15) is 4.79 Å². The quantitative estimate of drug-likeness (QED) is 0.787. The van der Waals surface area contributed by atoms with Crippen LogP contribution in [0.25, 0.3) is 0 Å². The van der Waals surface area contributed by atoms with Crippen LogP contribution in [0, 0.1) is 0 Å². The van der Waals surface area contributed by atoms with Gasteiger partial charge in [-0.2, -0.15) is 0 Å². The van der Waals surface area contributed by atoms with Gasteiger partial charge in [-0.1, -0.05) is 23.7 Å². The molecule has 2 rings (SSSR count). The smallest absolute Gasteiger partial charge is 0.242 e. The van der Waals surface area contributed by atoms with Crippen LogP contribution >= 0.6 is 11.6 Å². The highest BCUT2D eigenvalue weighted by atomic mass is 35.5. The number of piperazine rings is 1. The minimum atomic E-state index is 0.175. The summed E-state index contributed by atoms with van der Waals surface area (Å²) in [7, 11) is 0. The maximum Gasteiger partial charge on any atom is 0.242 e. The lowest BCUT2D eigenvalue weighted by molar-refractivity contribution is -0.130. The lowest BCUT2D eigenvalue weighted by atomic mass is 10.2. The molecular weight excluding hydrogens is 224 g/mol. The van der Waals surface area contributed by atoms with Crippen molar-refractivity contribution in [1.29, 1.82) is 0 Å². The second kappa shape index (κ2) is 4.74. The van der Waals surface area contributed by atoms with Gasteiger partial charge in [0.1, 0.15) is 0 Å². The van der Waals surface area contributed by atoms with Crippen LogP contribution in [0.2, 0.25) is 5.02 Å². The summed E-state index contributed by atoms with van der Waals surface area (Å²) in [5.74, 6) is 0.175. The summed E-state index contributed by atoms with van der Waals surface area (Å²) in [6, 6.07) is 7.65. The summed E-state index contributed by atoms with van der Waals surface area (Å²) in [5.41, 5.74) is 0.952. The third-order valence-corrected chi connectivity index (χ3v) is 3.21. The normalized spacial score (nSPS) is 16.8. The zero-order chi connectivity index (χ0) is 11.5. The van der Waals surface area contributed by atoms with Gasteiger partial charge in [0.25, 0.3) is 0 Å². The van der Waals surface area contributed by atoms with Crippen molar-refractivity contribution in [2.24, 2.45) is 0 Å². The maximum absolute atomic E-state index is 11.8. The Bertz CT molecular complexity index is 394. The molecule has 0 radical (unpaired) electrons. The number of rotatable bonds is 2. The van der Waals surface area contributed by atoms with E-state index < -0.39 is 0 Å². The Morgan fingerprint density at radius 3 is 2.69 bits per heavy atom. The first kappa shape index (κ1) is 11.3. The van der Waals surface area contributed by atoms with E-state index in [1.54, 1.807) is 0 Å². The van der Waals surface area contributed by atoms with Crippen molar-refractivity contribution in [3.8, 4) is 0 Å². The number of hydrogen-bond donors (Lipinski definition) is 0. The number of halogens is 1. The van der Waals surface area contributed by atoms with Gasteiger partial charge < -0.3 is 9.80 Å². The van der Waals surface area contributed by atoms with E-state index in [4.69, 9.17) is 11.6 Å². The first-order chi connectivity index (χ1) is 7.72. The average Bonchev–Trinajstić information content (AvgIpc) is 2.29.